The van der Waals surface area contributed by atoms with E-state index in [-0.39, 0.29) is 0 Å². The summed E-state index contributed by atoms with van der Waals surface area (Å²) in [4.78, 5) is 0. The van der Waals surface area contributed by atoms with Crippen molar-refractivity contribution in [1.29, 1.82) is 0 Å². The molecule has 0 saturated heterocycles. The highest BCUT2D eigenvalue weighted by Gasteiger charge is 2.03. The molecule has 0 saturated carbocycles. The Morgan fingerprint density at radius 2 is 2.67 bits per heavy atom. The average molecular weight is 100 g/mol. The molecule has 0 radical (unpaired) electrons. The van der Waals surface area contributed by atoms with E-state index >= 15 is 0 Å². The second-order valence-electron chi connectivity index (χ2n) is 1.03. The first-order valence-electron chi connectivity index (χ1n) is 1.73. The van der Waals surface area contributed by atoms with E-state index in [9.17, 15) is 4.46 Å². The number of hydrogen-bond acceptors (Lipinski definition) is 2. The van der Waals surface area contributed by atoms with Gasteiger partial charge in [-0.15, -0.1) is 0 Å². The van der Waals surface area contributed by atoms with E-state index in [4.69, 9.17) is 0 Å². The summed E-state index contributed by atoms with van der Waals surface area (Å²) in [6, 6.07) is 0. The molecule has 1 heterocycles. The van der Waals surface area contributed by atoms with Crippen molar-refractivity contribution in [2.24, 2.45) is 0 Å². The molecule has 1 aliphatic rings. The van der Waals surface area contributed by atoms with Crippen LogP contribution in [0.3, 0.4) is 0 Å². The van der Waals surface area contributed by atoms with Crippen LogP contribution in [0.2, 0.25) is 0 Å². The minimum absolute atomic E-state index is 0.539. The first-order valence-corrected chi connectivity index (χ1v) is 3.12. The predicted octanol–water partition coefficient (Wildman–Crippen LogP) is 0.0307. The predicted molar refractivity (Wildman–Crippen MR) is 21.5 cm³/mol. The third kappa shape index (κ3) is 0.541. The van der Waals surface area contributed by atoms with Gasteiger partial charge in [0.25, 0.3) is 0 Å². The molecule has 2 nitrogen and oxygen atoms in total. The molecule has 0 aromatic heterocycles. The summed E-state index contributed by atoms with van der Waals surface area (Å²) in [5.74, 6) is 0. The van der Waals surface area contributed by atoms with Gasteiger partial charge < -0.3 is 8.89 Å². The van der Waals surface area contributed by atoms with Crippen molar-refractivity contribution in [3.63, 3.8) is 0 Å². The second-order valence-corrected chi connectivity index (χ2v) is 2.29. The minimum Gasteiger partial charge on any atom is -0.518 e. The van der Waals surface area contributed by atoms with E-state index in [1.807, 2.05) is 0 Å². The normalized spacial score (nSPS) is 18.3. The van der Waals surface area contributed by atoms with Gasteiger partial charge in [-0.3, -0.25) is 0 Å². The molecule has 1 rings (SSSR count). The molecule has 0 N–H and O–H groups in total. The zero-order chi connectivity index (χ0) is 4.41. The molecule has 32 valence electrons. The smallest absolute Gasteiger partial charge is 0.518 e. The third-order valence-electron chi connectivity index (χ3n) is 0.576. The number of rotatable bonds is 0. The Labute approximate surface area is 37.2 Å². The highest BCUT2D eigenvalue weighted by molar-refractivity contribution is 6.42. The van der Waals surface area contributed by atoms with Gasteiger partial charge >= 0.3 is 8.93 Å². The zero-order valence-electron chi connectivity index (χ0n) is 3.18. The van der Waals surface area contributed by atoms with Gasteiger partial charge in [0.15, 0.2) is 0 Å². The summed E-state index contributed by atoms with van der Waals surface area (Å²) in [5.41, 5.74) is 1.60. The molecule has 0 fully saturated rings. The molecule has 0 spiro atoms. The maximum absolute atomic E-state index is 10.1. The summed E-state index contributed by atoms with van der Waals surface area (Å²) in [6.45, 7) is 0.539. The second kappa shape index (κ2) is 1.34. The molecule has 0 aliphatic carbocycles. The average Bonchev–Trinajstić information content (AvgIpc) is 1.86. The lowest BCUT2D eigenvalue weighted by Crippen LogP contribution is -1.93. The molecule has 0 bridgehead atoms. The third-order valence-corrected chi connectivity index (χ3v) is 1.53. The minimum atomic E-state index is -1.69. The van der Waals surface area contributed by atoms with Crippen LogP contribution in [-0.2, 0) is 8.89 Å². The lowest BCUT2D eigenvalue weighted by Gasteiger charge is -1.81. The largest absolute Gasteiger partial charge is 0.532 e. The zero-order valence-corrected chi connectivity index (χ0v) is 4.18. The van der Waals surface area contributed by atoms with E-state index in [0.29, 0.717) is 6.61 Å². The Morgan fingerprint density at radius 3 is 2.83 bits per heavy atom. The molecular formula is C3H4O2Si. The molecule has 0 unspecified atom stereocenters. The van der Waals surface area contributed by atoms with Gasteiger partial charge in [0.05, 0.1) is 6.61 Å². The van der Waals surface area contributed by atoms with Crippen molar-refractivity contribution in [1.82, 2.24) is 0 Å². The van der Waals surface area contributed by atoms with E-state index in [1.165, 1.54) is 0 Å². The van der Waals surface area contributed by atoms with Crippen molar-refractivity contribution in [3.05, 3.63) is 11.8 Å². The SMILES string of the molecule is O=[Si]1C=CCO1. The van der Waals surface area contributed by atoms with Crippen LogP contribution in [0.25, 0.3) is 0 Å². The molecule has 1 aliphatic heterocycles. The Kier molecular flexibility index (Phi) is 0.835. The van der Waals surface area contributed by atoms with Crippen LogP contribution < -0.4 is 0 Å². The highest BCUT2D eigenvalue weighted by atomic mass is 28.3. The topological polar surface area (TPSA) is 26.3 Å². The maximum Gasteiger partial charge on any atom is 0.532 e. The molecule has 0 amide bonds. The molecular weight excluding hydrogens is 96.1 g/mol. The van der Waals surface area contributed by atoms with Gasteiger partial charge in [-0.05, 0) is 11.8 Å². The van der Waals surface area contributed by atoms with Gasteiger partial charge in [-0.1, -0.05) is 0 Å². The first-order chi connectivity index (χ1) is 2.89. The van der Waals surface area contributed by atoms with Gasteiger partial charge in [-0.25, -0.2) is 0 Å². The van der Waals surface area contributed by atoms with Crippen LogP contribution >= 0.6 is 0 Å². The lowest BCUT2D eigenvalue weighted by molar-refractivity contribution is 0.346. The number of hydrogen-bond donors (Lipinski definition) is 0. The van der Waals surface area contributed by atoms with Crippen LogP contribution in [0.5, 0.6) is 0 Å². The van der Waals surface area contributed by atoms with Crippen molar-refractivity contribution in [2.75, 3.05) is 6.61 Å². The van der Waals surface area contributed by atoms with Crippen LogP contribution in [0.1, 0.15) is 0 Å². The van der Waals surface area contributed by atoms with Gasteiger partial charge in [0.2, 0.25) is 0 Å². The summed E-state index contributed by atoms with van der Waals surface area (Å²) in [5, 5.41) is 0. The summed E-state index contributed by atoms with van der Waals surface area (Å²) < 4.78 is 14.7. The fraction of sp³-hybridized carbons (Fsp3) is 0.333. The monoisotopic (exact) mass is 100.0 g/mol. The highest BCUT2D eigenvalue weighted by Crippen LogP contribution is 1.87. The summed E-state index contributed by atoms with van der Waals surface area (Å²) in [7, 11) is -1.69. The summed E-state index contributed by atoms with van der Waals surface area (Å²) in [6.07, 6.45) is 1.77. The fourth-order valence-electron chi connectivity index (χ4n) is 0.323. The van der Waals surface area contributed by atoms with E-state index in [1.54, 1.807) is 11.8 Å². The first kappa shape index (κ1) is 3.74. The van der Waals surface area contributed by atoms with E-state index < -0.39 is 8.93 Å². The Bertz CT molecular complexity index is 97.0. The Balaban J connectivity index is 2.59. The molecule has 0 aromatic carbocycles. The fourth-order valence-corrected chi connectivity index (χ4v) is 0.968. The maximum atomic E-state index is 10.1. The van der Waals surface area contributed by atoms with E-state index in [0.717, 1.165) is 0 Å². The van der Waals surface area contributed by atoms with Crippen LogP contribution in [0, 0.1) is 0 Å². The van der Waals surface area contributed by atoms with Crippen LogP contribution in [0.4, 0.5) is 0 Å². The van der Waals surface area contributed by atoms with Crippen molar-refractivity contribution >= 4 is 8.93 Å². The van der Waals surface area contributed by atoms with Crippen molar-refractivity contribution in [2.45, 2.75) is 0 Å². The van der Waals surface area contributed by atoms with Crippen LogP contribution in [0.15, 0.2) is 11.8 Å². The van der Waals surface area contributed by atoms with Crippen LogP contribution in [-0.4, -0.2) is 15.5 Å². The molecule has 6 heavy (non-hydrogen) atoms. The standard InChI is InChI=1S/C3H4O2Si/c4-6-3-1-2-5-6/h1,3H,2H2. The lowest BCUT2D eigenvalue weighted by atomic mass is 10.7. The van der Waals surface area contributed by atoms with Gasteiger partial charge in [0, 0.05) is 0 Å². The van der Waals surface area contributed by atoms with Gasteiger partial charge in [-0.2, -0.15) is 0 Å². The molecule has 0 atom stereocenters. The van der Waals surface area contributed by atoms with Crippen molar-refractivity contribution in [3.8, 4) is 0 Å². The summed E-state index contributed by atoms with van der Waals surface area (Å²) >= 11 is 0. The quantitative estimate of drug-likeness (QED) is 0.401. The van der Waals surface area contributed by atoms with Gasteiger partial charge in [0.1, 0.15) is 0 Å². The van der Waals surface area contributed by atoms with E-state index in [2.05, 4.69) is 4.43 Å². The molecule has 0 aromatic rings. The van der Waals surface area contributed by atoms with Crippen molar-refractivity contribution < 1.29 is 8.89 Å². The Morgan fingerprint density at radius 1 is 1.83 bits per heavy atom. The Hall–Kier alpha value is -0.443. The molecule has 3 heteroatoms.